The van der Waals surface area contributed by atoms with E-state index in [9.17, 15) is 4.79 Å². The molecule has 0 atom stereocenters. The van der Waals surface area contributed by atoms with Gasteiger partial charge in [0.15, 0.2) is 0 Å². The van der Waals surface area contributed by atoms with Crippen LogP contribution in [-0.2, 0) is 4.74 Å². The number of benzene rings is 1. The van der Waals surface area contributed by atoms with Crippen LogP contribution in [0.2, 0.25) is 10.0 Å². The van der Waals surface area contributed by atoms with Gasteiger partial charge in [0.1, 0.15) is 0 Å². The first-order chi connectivity index (χ1) is 12.1. The topological polar surface area (TPSA) is 48.1 Å². The molecule has 2 heterocycles. The number of halogens is 2. The summed E-state index contributed by atoms with van der Waals surface area (Å²) in [5.41, 5.74) is 0.932. The van der Waals surface area contributed by atoms with Gasteiger partial charge in [-0.3, -0.25) is 4.90 Å². The minimum absolute atomic E-state index is 0.00472. The minimum Gasteiger partial charge on any atom is -0.379 e. The van der Waals surface area contributed by atoms with Gasteiger partial charge in [0.25, 0.3) is 0 Å². The molecular formula is C17H24Cl2N4O2. The van der Waals surface area contributed by atoms with E-state index >= 15 is 0 Å². The molecule has 0 aliphatic carbocycles. The molecule has 0 radical (unpaired) electrons. The Labute approximate surface area is 158 Å². The second-order valence-corrected chi connectivity index (χ2v) is 7.02. The molecule has 25 heavy (non-hydrogen) atoms. The monoisotopic (exact) mass is 386 g/mol. The number of urea groups is 1. The third-order valence-electron chi connectivity index (χ3n) is 4.65. The van der Waals surface area contributed by atoms with Gasteiger partial charge < -0.3 is 19.9 Å². The second kappa shape index (κ2) is 8.94. The van der Waals surface area contributed by atoms with Gasteiger partial charge in [0.2, 0.25) is 0 Å². The highest BCUT2D eigenvalue weighted by molar-refractivity contribution is 6.43. The normalized spacial score (nSPS) is 19.1. The highest BCUT2D eigenvalue weighted by atomic mass is 35.5. The Hall–Kier alpha value is -1.21. The zero-order valence-electron chi connectivity index (χ0n) is 14.2. The Morgan fingerprint density at radius 3 is 2.52 bits per heavy atom. The second-order valence-electron chi connectivity index (χ2n) is 6.23. The molecule has 2 saturated heterocycles. The van der Waals surface area contributed by atoms with Crippen molar-refractivity contribution in [3.05, 3.63) is 28.2 Å². The van der Waals surface area contributed by atoms with E-state index in [2.05, 4.69) is 15.1 Å². The molecule has 0 aromatic heterocycles. The first kappa shape index (κ1) is 18.6. The molecule has 1 aromatic carbocycles. The van der Waals surface area contributed by atoms with Gasteiger partial charge in [0, 0.05) is 52.4 Å². The number of nitrogens with zero attached hydrogens (tertiary/aromatic N) is 3. The molecule has 1 aromatic rings. The van der Waals surface area contributed by atoms with Gasteiger partial charge in [-0.2, -0.15) is 0 Å². The van der Waals surface area contributed by atoms with Gasteiger partial charge in [-0.25, -0.2) is 4.79 Å². The average molecular weight is 387 g/mol. The maximum Gasteiger partial charge on any atom is 0.317 e. The van der Waals surface area contributed by atoms with E-state index in [0.29, 0.717) is 29.7 Å². The number of carbonyl (C=O) groups is 1. The number of nitrogens with one attached hydrogen (secondary N) is 1. The molecule has 1 N–H and O–H groups in total. The molecular weight excluding hydrogens is 363 g/mol. The Kier molecular flexibility index (Phi) is 6.64. The number of piperazine rings is 1. The highest BCUT2D eigenvalue weighted by Crippen LogP contribution is 2.32. The Balaban J connectivity index is 1.42. The number of ether oxygens (including phenoxy) is 1. The minimum atomic E-state index is 0.00472. The van der Waals surface area contributed by atoms with Crippen molar-refractivity contribution in [2.45, 2.75) is 0 Å². The summed E-state index contributed by atoms with van der Waals surface area (Å²) in [6.07, 6.45) is 0. The van der Waals surface area contributed by atoms with Crippen LogP contribution in [0.4, 0.5) is 10.5 Å². The fourth-order valence-electron chi connectivity index (χ4n) is 3.14. The lowest BCUT2D eigenvalue weighted by Crippen LogP contribution is -2.53. The van der Waals surface area contributed by atoms with E-state index in [1.807, 2.05) is 17.0 Å². The van der Waals surface area contributed by atoms with Crippen molar-refractivity contribution in [1.82, 2.24) is 15.1 Å². The average Bonchev–Trinajstić information content (AvgIpc) is 2.65. The van der Waals surface area contributed by atoms with Crippen LogP contribution in [0.15, 0.2) is 18.2 Å². The van der Waals surface area contributed by atoms with E-state index < -0.39 is 0 Å². The van der Waals surface area contributed by atoms with Crippen LogP contribution < -0.4 is 10.2 Å². The SMILES string of the molecule is O=C(NCCN1CCOCC1)N1CCN(c2cccc(Cl)c2Cl)CC1. The number of hydrogen-bond acceptors (Lipinski definition) is 4. The molecule has 0 saturated carbocycles. The Morgan fingerprint density at radius 2 is 1.80 bits per heavy atom. The van der Waals surface area contributed by atoms with Crippen molar-refractivity contribution in [2.75, 3.05) is 70.5 Å². The summed E-state index contributed by atoms with van der Waals surface area (Å²) in [4.78, 5) is 18.6. The van der Waals surface area contributed by atoms with Crippen LogP contribution >= 0.6 is 23.2 Å². The summed E-state index contributed by atoms with van der Waals surface area (Å²) in [6.45, 7) is 7.81. The summed E-state index contributed by atoms with van der Waals surface area (Å²) < 4.78 is 5.33. The summed E-state index contributed by atoms with van der Waals surface area (Å²) >= 11 is 12.4. The largest absolute Gasteiger partial charge is 0.379 e. The van der Waals surface area contributed by atoms with Crippen LogP contribution in [0.3, 0.4) is 0 Å². The number of rotatable bonds is 4. The summed E-state index contributed by atoms with van der Waals surface area (Å²) in [6, 6.07) is 5.65. The number of carbonyl (C=O) groups excluding carboxylic acids is 1. The van der Waals surface area contributed by atoms with Crippen molar-refractivity contribution < 1.29 is 9.53 Å². The van der Waals surface area contributed by atoms with E-state index in [1.165, 1.54) is 0 Å². The van der Waals surface area contributed by atoms with Crippen LogP contribution in [0, 0.1) is 0 Å². The molecule has 0 spiro atoms. The fraction of sp³-hybridized carbons (Fsp3) is 0.588. The fourth-order valence-corrected chi connectivity index (χ4v) is 3.56. The first-order valence-electron chi connectivity index (χ1n) is 8.67. The third kappa shape index (κ3) is 4.91. The maximum atomic E-state index is 12.3. The number of morpholine rings is 1. The van der Waals surface area contributed by atoms with Gasteiger partial charge in [-0.1, -0.05) is 29.3 Å². The molecule has 0 bridgehead atoms. The molecule has 2 aliphatic heterocycles. The molecule has 2 amide bonds. The van der Waals surface area contributed by atoms with Gasteiger partial charge >= 0.3 is 6.03 Å². The molecule has 0 unspecified atom stereocenters. The van der Waals surface area contributed by atoms with E-state index in [-0.39, 0.29) is 6.03 Å². The first-order valence-corrected chi connectivity index (χ1v) is 9.42. The molecule has 138 valence electrons. The summed E-state index contributed by atoms with van der Waals surface area (Å²) in [7, 11) is 0. The van der Waals surface area contributed by atoms with Gasteiger partial charge in [-0.05, 0) is 12.1 Å². The summed E-state index contributed by atoms with van der Waals surface area (Å²) in [5, 5.41) is 4.15. The molecule has 6 nitrogen and oxygen atoms in total. The standard InChI is InChI=1S/C17H24Cl2N4O2/c18-14-2-1-3-15(16(14)19)22-6-8-23(9-7-22)17(24)20-4-5-21-10-12-25-13-11-21/h1-3H,4-13H2,(H,20,24). The lowest BCUT2D eigenvalue weighted by atomic mass is 10.2. The third-order valence-corrected chi connectivity index (χ3v) is 5.46. The summed E-state index contributed by atoms with van der Waals surface area (Å²) in [5.74, 6) is 0. The maximum absolute atomic E-state index is 12.3. The lowest BCUT2D eigenvalue weighted by molar-refractivity contribution is 0.0386. The predicted octanol–water partition coefficient (Wildman–Crippen LogP) is 2.16. The van der Waals surface area contributed by atoms with Gasteiger partial charge in [0.05, 0.1) is 28.9 Å². The van der Waals surface area contributed by atoms with Crippen molar-refractivity contribution in [2.24, 2.45) is 0 Å². The molecule has 2 aliphatic rings. The molecule has 2 fully saturated rings. The number of amides is 2. The van der Waals surface area contributed by atoms with Crippen LogP contribution in [0.1, 0.15) is 0 Å². The molecule has 3 rings (SSSR count). The van der Waals surface area contributed by atoms with Crippen molar-refractivity contribution in [3.8, 4) is 0 Å². The highest BCUT2D eigenvalue weighted by Gasteiger charge is 2.23. The van der Waals surface area contributed by atoms with Crippen molar-refractivity contribution >= 4 is 34.9 Å². The number of hydrogen-bond donors (Lipinski definition) is 1. The Bertz CT molecular complexity index is 588. The zero-order valence-corrected chi connectivity index (χ0v) is 15.7. The number of anilines is 1. The quantitative estimate of drug-likeness (QED) is 0.860. The van der Waals surface area contributed by atoms with E-state index in [0.717, 1.165) is 51.6 Å². The predicted molar refractivity (Wildman–Crippen MR) is 101 cm³/mol. The molecule has 8 heteroatoms. The van der Waals surface area contributed by atoms with Crippen molar-refractivity contribution in [3.63, 3.8) is 0 Å². The zero-order chi connectivity index (χ0) is 17.6. The van der Waals surface area contributed by atoms with Gasteiger partial charge in [-0.15, -0.1) is 0 Å². The van der Waals surface area contributed by atoms with Crippen LogP contribution in [0.25, 0.3) is 0 Å². The van der Waals surface area contributed by atoms with Crippen LogP contribution in [-0.4, -0.2) is 81.4 Å². The van der Waals surface area contributed by atoms with Crippen LogP contribution in [0.5, 0.6) is 0 Å². The van der Waals surface area contributed by atoms with E-state index in [4.69, 9.17) is 27.9 Å². The Morgan fingerprint density at radius 1 is 1.08 bits per heavy atom. The van der Waals surface area contributed by atoms with E-state index in [1.54, 1.807) is 6.07 Å². The smallest absolute Gasteiger partial charge is 0.317 e. The van der Waals surface area contributed by atoms with Crippen molar-refractivity contribution in [1.29, 1.82) is 0 Å². The lowest BCUT2D eigenvalue weighted by Gasteiger charge is -2.36.